The molecule has 26 heavy (non-hydrogen) atoms. The van der Waals surface area contributed by atoms with Crippen LogP contribution in [0.1, 0.15) is 13.8 Å². The maximum absolute atomic E-state index is 11.9. The number of hydrogen-bond acceptors (Lipinski definition) is 7. The Morgan fingerprint density at radius 3 is 2.31 bits per heavy atom. The predicted octanol–water partition coefficient (Wildman–Crippen LogP) is 1.74. The van der Waals surface area contributed by atoms with Crippen LogP contribution in [0.25, 0.3) is 10.2 Å². The number of nitrogens with one attached hydrogen (secondary N) is 1. The molecule has 1 aromatic heterocycles. The summed E-state index contributed by atoms with van der Waals surface area (Å²) in [6.07, 6.45) is 0. The second-order valence-corrected chi connectivity index (χ2v) is 6.00. The fraction of sp³-hybridized carbons (Fsp3) is 0.375. The van der Waals surface area contributed by atoms with E-state index < -0.39 is 11.9 Å². The van der Waals surface area contributed by atoms with Crippen LogP contribution >= 0.6 is 11.3 Å². The van der Waals surface area contributed by atoms with Gasteiger partial charge in [-0.3, -0.25) is 9.69 Å². The van der Waals surface area contributed by atoms with Crippen molar-refractivity contribution in [3.8, 4) is 5.75 Å². The zero-order valence-electron chi connectivity index (χ0n) is 14.7. The van der Waals surface area contributed by atoms with E-state index in [4.69, 9.17) is 24.5 Å². The molecule has 1 amide bonds. The average Bonchev–Trinajstić information content (AvgIpc) is 3.00. The number of aliphatic carboxylic acids is 2. The first-order chi connectivity index (χ1) is 12.3. The number of anilines is 1. The lowest BCUT2D eigenvalue weighted by Gasteiger charge is -2.16. The number of likely N-dealkylation sites (N-methyl/N-ethyl adjacent to an activating group) is 1. The molecule has 10 heteroatoms. The van der Waals surface area contributed by atoms with E-state index in [1.54, 1.807) is 7.11 Å². The Labute approximate surface area is 154 Å². The van der Waals surface area contributed by atoms with Crippen LogP contribution in [0.3, 0.4) is 0 Å². The van der Waals surface area contributed by atoms with Gasteiger partial charge in [-0.05, 0) is 31.3 Å². The molecular weight excluding hydrogens is 362 g/mol. The lowest BCUT2D eigenvalue weighted by atomic mass is 10.3. The topological polar surface area (TPSA) is 129 Å². The third-order valence-electron chi connectivity index (χ3n) is 3.29. The summed E-state index contributed by atoms with van der Waals surface area (Å²) in [6.45, 7) is 6.20. The normalized spacial score (nSPS) is 10.2. The van der Waals surface area contributed by atoms with Gasteiger partial charge in [-0.2, -0.15) is 0 Å². The summed E-state index contributed by atoms with van der Waals surface area (Å²) >= 11 is 1.46. The number of methoxy groups -OCH3 is 1. The molecule has 0 spiro atoms. The highest BCUT2D eigenvalue weighted by molar-refractivity contribution is 7.22. The molecule has 0 bridgehead atoms. The highest BCUT2D eigenvalue weighted by Gasteiger charge is 2.11. The van der Waals surface area contributed by atoms with Crippen LogP contribution in [0.5, 0.6) is 5.75 Å². The van der Waals surface area contributed by atoms with E-state index in [1.807, 2.05) is 32.0 Å². The molecule has 3 N–H and O–H groups in total. The minimum atomic E-state index is -1.82. The lowest BCUT2D eigenvalue weighted by molar-refractivity contribution is -0.159. The minimum Gasteiger partial charge on any atom is -0.497 e. The molecule has 0 saturated carbocycles. The SMILES string of the molecule is CCN(CC)CC(=O)Nc1nc2ccc(OC)cc2s1.O=C(O)C(=O)O. The van der Waals surface area contributed by atoms with Gasteiger partial charge in [0.2, 0.25) is 5.91 Å². The van der Waals surface area contributed by atoms with Gasteiger partial charge in [0.05, 0.1) is 23.9 Å². The Bertz CT molecular complexity index is 760. The van der Waals surface area contributed by atoms with Crippen molar-refractivity contribution >= 4 is 44.5 Å². The number of amides is 1. The van der Waals surface area contributed by atoms with Gasteiger partial charge in [0.1, 0.15) is 5.75 Å². The molecule has 2 aromatic rings. The number of carboxylic acids is 2. The number of rotatable bonds is 6. The van der Waals surface area contributed by atoms with E-state index in [1.165, 1.54) is 11.3 Å². The van der Waals surface area contributed by atoms with Crippen molar-refractivity contribution < 1.29 is 29.3 Å². The summed E-state index contributed by atoms with van der Waals surface area (Å²) in [6, 6.07) is 5.68. The number of thiazole rings is 1. The van der Waals surface area contributed by atoms with Crippen LogP contribution in [0.4, 0.5) is 5.13 Å². The van der Waals surface area contributed by atoms with Crippen LogP contribution in [-0.4, -0.2) is 64.7 Å². The Morgan fingerprint density at radius 1 is 1.19 bits per heavy atom. The van der Waals surface area contributed by atoms with Crippen LogP contribution in [0.2, 0.25) is 0 Å². The summed E-state index contributed by atoms with van der Waals surface area (Å²) in [5.74, 6) is -2.88. The van der Waals surface area contributed by atoms with Gasteiger partial charge in [0, 0.05) is 0 Å². The number of benzene rings is 1. The fourth-order valence-corrected chi connectivity index (χ4v) is 2.80. The molecule has 0 saturated heterocycles. The highest BCUT2D eigenvalue weighted by atomic mass is 32.1. The van der Waals surface area contributed by atoms with Crippen molar-refractivity contribution in [3.05, 3.63) is 18.2 Å². The van der Waals surface area contributed by atoms with E-state index in [0.717, 1.165) is 29.1 Å². The van der Waals surface area contributed by atoms with Crippen LogP contribution in [0.15, 0.2) is 18.2 Å². The molecule has 0 atom stereocenters. The first kappa shape index (κ1) is 21.3. The van der Waals surface area contributed by atoms with Crippen molar-refractivity contribution in [3.63, 3.8) is 0 Å². The monoisotopic (exact) mass is 383 g/mol. The maximum atomic E-state index is 11.9. The maximum Gasteiger partial charge on any atom is 0.414 e. The highest BCUT2D eigenvalue weighted by Crippen LogP contribution is 2.29. The van der Waals surface area contributed by atoms with E-state index in [-0.39, 0.29) is 5.91 Å². The van der Waals surface area contributed by atoms with E-state index in [9.17, 15) is 4.79 Å². The third kappa shape index (κ3) is 6.65. The molecule has 0 aliphatic heterocycles. The molecule has 0 unspecified atom stereocenters. The third-order valence-corrected chi connectivity index (χ3v) is 4.22. The zero-order chi connectivity index (χ0) is 19.7. The second-order valence-electron chi connectivity index (χ2n) is 4.97. The molecular formula is C16H21N3O6S. The van der Waals surface area contributed by atoms with Gasteiger partial charge >= 0.3 is 11.9 Å². The van der Waals surface area contributed by atoms with Crippen molar-refractivity contribution in [1.82, 2.24) is 9.88 Å². The van der Waals surface area contributed by atoms with Crippen LogP contribution in [0, 0.1) is 0 Å². The van der Waals surface area contributed by atoms with Crippen LogP contribution in [-0.2, 0) is 14.4 Å². The minimum absolute atomic E-state index is 0.0280. The number of fused-ring (bicyclic) bond motifs is 1. The molecule has 0 fully saturated rings. The molecule has 9 nitrogen and oxygen atoms in total. The zero-order valence-corrected chi connectivity index (χ0v) is 15.5. The molecule has 2 rings (SSSR count). The number of carbonyl (C=O) groups excluding carboxylic acids is 1. The summed E-state index contributed by atoms with van der Waals surface area (Å²) in [5, 5.41) is 18.3. The molecule has 142 valence electrons. The average molecular weight is 383 g/mol. The van der Waals surface area contributed by atoms with Crippen molar-refractivity contribution in [2.45, 2.75) is 13.8 Å². The van der Waals surface area contributed by atoms with Crippen molar-refractivity contribution in [2.24, 2.45) is 0 Å². The van der Waals surface area contributed by atoms with Crippen LogP contribution < -0.4 is 10.1 Å². The molecule has 1 heterocycles. The first-order valence-corrected chi connectivity index (χ1v) is 8.55. The molecule has 0 radical (unpaired) electrons. The second kappa shape index (κ2) is 10.3. The van der Waals surface area contributed by atoms with Crippen molar-refractivity contribution in [2.75, 3.05) is 32.1 Å². The van der Waals surface area contributed by atoms with Crippen molar-refractivity contribution in [1.29, 1.82) is 0 Å². The fourth-order valence-electron chi connectivity index (χ4n) is 1.89. The van der Waals surface area contributed by atoms with Gasteiger partial charge in [0.25, 0.3) is 0 Å². The summed E-state index contributed by atoms with van der Waals surface area (Å²) < 4.78 is 6.18. The number of nitrogens with zero attached hydrogens (tertiary/aromatic N) is 2. The Kier molecular flexibility index (Phi) is 8.46. The summed E-state index contributed by atoms with van der Waals surface area (Å²) in [7, 11) is 1.63. The number of carboxylic acid groups (broad SMARTS) is 2. The van der Waals surface area contributed by atoms with E-state index in [2.05, 4.69) is 15.2 Å². The molecule has 0 aliphatic rings. The van der Waals surface area contributed by atoms with Gasteiger partial charge in [0.15, 0.2) is 5.13 Å². The Balaban J connectivity index is 0.000000487. The number of aromatic nitrogens is 1. The standard InChI is InChI=1S/C14H19N3O2S.C2H2O4/c1-4-17(5-2)9-13(18)16-14-15-11-7-6-10(19-3)8-12(11)20-14;3-1(4)2(5)6/h6-8H,4-5,9H2,1-3H3,(H,15,16,18);(H,3,4)(H,5,6). The summed E-state index contributed by atoms with van der Waals surface area (Å²) in [5.41, 5.74) is 0.869. The lowest BCUT2D eigenvalue weighted by Crippen LogP contribution is -2.32. The quantitative estimate of drug-likeness (QED) is 0.643. The molecule has 0 aliphatic carbocycles. The van der Waals surface area contributed by atoms with Gasteiger partial charge < -0.3 is 20.3 Å². The smallest absolute Gasteiger partial charge is 0.414 e. The van der Waals surface area contributed by atoms with E-state index in [0.29, 0.717) is 11.7 Å². The largest absolute Gasteiger partial charge is 0.497 e. The predicted molar refractivity (Wildman–Crippen MR) is 97.9 cm³/mol. The number of hydrogen-bond donors (Lipinski definition) is 3. The first-order valence-electron chi connectivity index (χ1n) is 7.73. The number of carbonyl (C=O) groups is 3. The molecule has 1 aromatic carbocycles. The number of ether oxygens (including phenoxy) is 1. The van der Waals surface area contributed by atoms with Gasteiger partial charge in [-0.25, -0.2) is 14.6 Å². The Morgan fingerprint density at radius 2 is 1.81 bits per heavy atom. The Hall–Kier alpha value is -2.72. The van der Waals surface area contributed by atoms with Gasteiger partial charge in [-0.1, -0.05) is 25.2 Å². The van der Waals surface area contributed by atoms with E-state index >= 15 is 0 Å². The van der Waals surface area contributed by atoms with Gasteiger partial charge in [-0.15, -0.1) is 0 Å². The summed E-state index contributed by atoms with van der Waals surface area (Å²) in [4.78, 5) is 36.6.